The molecule has 0 aliphatic carbocycles. The molecule has 6 nitrogen and oxygen atoms in total. The maximum atomic E-state index is 13.0. The second-order valence-electron chi connectivity index (χ2n) is 8.46. The van der Waals surface area contributed by atoms with Crippen LogP contribution in [0.25, 0.3) is 22.8 Å². The molecular formula is C28H27N3O3. The summed E-state index contributed by atoms with van der Waals surface area (Å²) in [6.07, 6.45) is 1.67. The molecule has 172 valence electrons. The number of benzene rings is 3. The molecule has 2 amide bonds. The van der Waals surface area contributed by atoms with Crippen LogP contribution in [0.1, 0.15) is 35.3 Å². The molecule has 1 aromatic heterocycles. The Balaban J connectivity index is 1.45. The first-order chi connectivity index (χ1) is 16.4. The topological polar surface area (TPSA) is 84.2 Å². The molecule has 0 radical (unpaired) electrons. The third kappa shape index (κ3) is 5.41. The summed E-state index contributed by atoms with van der Waals surface area (Å²) in [6, 6.07) is 22.7. The number of rotatable bonds is 7. The van der Waals surface area contributed by atoms with E-state index in [0.29, 0.717) is 29.3 Å². The summed E-state index contributed by atoms with van der Waals surface area (Å²) >= 11 is 0. The van der Waals surface area contributed by atoms with Crippen molar-refractivity contribution in [3.05, 3.63) is 95.7 Å². The van der Waals surface area contributed by atoms with Gasteiger partial charge in [-0.05, 0) is 36.8 Å². The Kier molecular flexibility index (Phi) is 6.87. The van der Waals surface area contributed by atoms with E-state index in [4.69, 9.17) is 4.42 Å². The number of anilines is 1. The van der Waals surface area contributed by atoms with Crippen molar-refractivity contribution in [2.45, 2.75) is 27.3 Å². The fourth-order valence-electron chi connectivity index (χ4n) is 3.39. The Hall–Kier alpha value is -4.19. The number of oxazole rings is 1. The van der Waals surface area contributed by atoms with Crippen molar-refractivity contribution in [1.29, 1.82) is 0 Å². The maximum Gasteiger partial charge on any atom is 0.252 e. The summed E-state index contributed by atoms with van der Waals surface area (Å²) < 4.78 is 5.99. The lowest BCUT2D eigenvalue weighted by Crippen LogP contribution is -2.23. The average molecular weight is 454 g/mol. The van der Waals surface area contributed by atoms with Crippen LogP contribution in [0.15, 0.2) is 83.4 Å². The van der Waals surface area contributed by atoms with Gasteiger partial charge < -0.3 is 15.1 Å². The van der Waals surface area contributed by atoms with Gasteiger partial charge in [0.2, 0.25) is 11.8 Å². The monoisotopic (exact) mass is 453 g/mol. The second-order valence-corrected chi connectivity index (χ2v) is 8.46. The molecule has 0 spiro atoms. The highest BCUT2D eigenvalue weighted by atomic mass is 16.4. The smallest absolute Gasteiger partial charge is 0.252 e. The molecule has 34 heavy (non-hydrogen) atoms. The number of nitrogens with zero attached hydrogens (tertiary/aromatic N) is 1. The van der Waals surface area contributed by atoms with E-state index in [1.54, 1.807) is 12.3 Å². The molecule has 0 saturated carbocycles. The van der Waals surface area contributed by atoms with Gasteiger partial charge in [-0.15, -0.1) is 0 Å². The quantitative estimate of drug-likeness (QED) is 0.368. The number of nitrogens with one attached hydrogen (secondary N) is 2. The van der Waals surface area contributed by atoms with Gasteiger partial charge >= 0.3 is 0 Å². The molecule has 3 aromatic carbocycles. The first-order valence-electron chi connectivity index (χ1n) is 11.2. The van der Waals surface area contributed by atoms with Gasteiger partial charge in [-0.3, -0.25) is 9.59 Å². The summed E-state index contributed by atoms with van der Waals surface area (Å²) in [4.78, 5) is 29.2. The molecule has 0 fully saturated rings. The van der Waals surface area contributed by atoms with Gasteiger partial charge in [0, 0.05) is 29.3 Å². The molecule has 0 aliphatic rings. The zero-order valence-corrected chi connectivity index (χ0v) is 19.5. The Labute approximate surface area is 199 Å². The third-order valence-corrected chi connectivity index (χ3v) is 5.44. The fraction of sp³-hybridized carbons (Fsp3) is 0.179. The summed E-state index contributed by atoms with van der Waals surface area (Å²) in [5.74, 6) is 0.703. The van der Waals surface area contributed by atoms with E-state index < -0.39 is 0 Å². The summed E-state index contributed by atoms with van der Waals surface area (Å²) in [5.41, 5.74) is 4.86. The SMILES string of the molecule is Cc1ccc(-c2cnc(-c3ccccc3C(=O)NCc3ccc(NC(=O)C(C)C)cc3)o2)cc1. The van der Waals surface area contributed by atoms with Crippen molar-refractivity contribution in [2.75, 3.05) is 5.32 Å². The molecule has 4 rings (SSSR count). The van der Waals surface area contributed by atoms with Gasteiger partial charge in [0.05, 0.1) is 11.8 Å². The molecule has 6 heteroatoms. The predicted molar refractivity (Wildman–Crippen MR) is 133 cm³/mol. The lowest BCUT2D eigenvalue weighted by Gasteiger charge is -2.10. The van der Waals surface area contributed by atoms with Gasteiger partial charge in [-0.1, -0.05) is 67.9 Å². The van der Waals surface area contributed by atoms with Crippen molar-refractivity contribution in [1.82, 2.24) is 10.3 Å². The van der Waals surface area contributed by atoms with Crippen LogP contribution in [-0.4, -0.2) is 16.8 Å². The Morgan fingerprint density at radius 1 is 0.941 bits per heavy atom. The predicted octanol–water partition coefficient (Wildman–Crippen LogP) is 5.84. The van der Waals surface area contributed by atoms with E-state index in [2.05, 4.69) is 15.6 Å². The molecule has 4 aromatic rings. The first kappa shape index (κ1) is 23.0. The van der Waals surface area contributed by atoms with Crippen LogP contribution in [0.5, 0.6) is 0 Å². The average Bonchev–Trinajstić information content (AvgIpc) is 3.34. The molecule has 0 atom stereocenters. The van der Waals surface area contributed by atoms with Gasteiger partial charge in [0.1, 0.15) is 0 Å². The van der Waals surface area contributed by atoms with Crippen LogP contribution < -0.4 is 10.6 Å². The zero-order valence-electron chi connectivity index (χ0n) is 19.5. The highest BCUT2D eigenvalue weighted by molar-refractivity contribution is 6.00. The summed E-state index contributed by atoms with van der Waals surface area (Å²) in [6.45, 7) is 6.08. The molecule has 0 bridgehead atoms. The number of aryl methyl sites for hydroxylation is 1. The third-order valence-electron chi connectivity index (χ3n) is 5.44. The van der Waals surface area contributed by atoms with Crippen LogP contribution >= 0.6 is 0 Å². The van der Waals surface area contributed by atoms with Gasteiger partial charge in [-0.2, -0.15) is 0 Å². The summed E-state index contributed by atoms with van der Waals surface area (Å²) in [7, 11) is 0. The van der Waals surface area contributed by atoms with Crippen molar-refractivity contribution in [3.63, 3.8) is 0 Å². The standard InChI is InChI=1S/C28H27N3O3/c1-18(2)26(32)31-22-14-10-20(11-15-22)16-29-27(33)23-6-4-5-7-24(23)28-30-17-25(34-28)21-12-8-19(3)9-13-21/h4-15,17-18H,16H2,1-3H3,(H,29,33)(H,31,32). The Bertz CT molecular complexity index is 1290. The Morgan fingerprint density at radius 2 is 1.65 bits per heavy atom. The largest absolute Gasteiger partial charge is 0.436 e. The summed E-state index contributed by atoms with van der Waals surface area (Å²) in [5, 5.41) is 5.81. The second kappa shape index (κ2) is 10.2. The lowest BCUT2D eigenvalue weighted by molar-refractivity contribution is -0.118. The van der Waals surface area contributed by atoms with Crippen LogP contribution in [0.3, 0.4) is 0 Å². The number of hydrogen-bond acceptors (Lipinski definition) is 4. The molecule has 0 saturated heterocycles. The lowest BCUT2D eigenvalue weighted by atomic mass is 10.1. The minimum absolute atomic E-state index is 0.0327. The van der Waals surface area contributed by atoms with Crippen LogP contribution in [-0.2, 0) is 11.3 Å². The number of amides is 2. The van der Waals surface area contributed by atoms with Crippen LogP contribution in [0.2, 0.25) is 0 Å². The highest BCUT2D eigenvalue weighted by Gasteiger charge is 2.17. The number of aromatic nitrogens is 1. The van der Waals surface area contributed by atoms with E-state index in [0.717, 1.165) is 16.8 Å². The Morgan fingerprint density at radius 3 is 2.35 bits per heavy atom. The fourth-order valence-corrected chi connectivity index (χ4v) is 3.39. The molecular weight excluding hydrogens is 426 g/mol. The zero-order chi connectivity index (χ0) is 24.1. The van der Waals surface area contributed by atoms with Crippen molar-refractivity contribution < 1.29 is 14.0 Å². The van der Waals surface area contributed by atoms with Crippen molar-refractivity contribution >= 4 is 17.5 Å². The van der Waals surface area contributed by atoms with E-state index in [1.165, 1.54) is 5.56 Å². The van der Waals surface area contributed by atoms with Gasteiger partial charge in [-0.25, -0.2) is 4.98 Å². The van der Waals surface area contributed by atoms with E-state index in [-0.39, 0.29) is 17.7 Å². The normalized spacial score (nSPS) is 10.8. The first-order valence-corrected chi connectivity index (χ1v) is 11.2. The minimum atomic E-state index is -0.220. The number of hydrogen-bond donors (Lipinski definition) is 2. The van der Waals surface area contributed by atoms with Crippen LogP contribution in [0, 0.1) is 12.8 Å². The minimum Gasteiger partial charge on any atom is -0.436 e. The van der Waals surface area contributed by atoms with Crippen molar-refractivity contribution in [2.24, 2.45) is 5.92 Å². The number of carbonyl (C=O) groups excluding carboxylic acids is 2. The number of carbonyl (C=O) groups is 2. The van der Waals surface area contributed by atoms with E-state index in [1.807, 2.05) is 87.5 Å². The molecule has 0 unspecified atom stereocenters. The molecule has 2 N–H and O–H groups in total. The van der Waals surface area contributed by atoms with Gasteiger partial charge in [0.15, 0.2) is 5.76 Å². The van der Waals surface area contributed by atoms with Crippen molar-refractivity contribution in [3.8, 4) is 22.8 Å². The molecule has 1 heterocycles. The molecule has 0 aliphatic heterocycles. The maximum absolute atomic E-state index is 13.0. The van der Waals surface area contributed by atoms with Gasteiger partial charge in [0.25, 0.3) is 5.91 Å². The van der Waals surface area contributed by atoms with E-state index >= 15 is 0 Å². The highest BCUT2D eigenvalue weighted by Crippen LogP contribution is 2.28. The van der Waals surface area contributed by atoms with Crippen LogP contribution in [0.4, 0.5) is 5.69 Å². The van der Waals surface area contributed by atoms with E-state index in [9.17, 15) is 9.59 Å².